The van der Waals surface area contributed by atoms with Gasteiger partial charge < -0.3 is 5.73 Å². The molecule has 26 heavy (non-hydrogen) atoms. The van der Waals surface area contributed by atoms with Gasteiger partial charge in [-0.3, -0.25) is 4.98 Å². The van der Waals surface area contributed by atoms with Gasteiger partial charge in [0.15, 0.2) is 5.82 Å². The molecule has 2 heterocycles. The first-order valence-corrected chi connectivity index (χ1v) is 8.98. The van der Waals surface area contributed by atoms with E-state index in [2.05, 4.69) is 45.6 Å². The number of anilines is 1. The lowest BCUT2D eigenvalue weighted by Gasteiger charge is -2.09. The number of aromatic nitrogens is 5. The topological polar surface area (TPSA) is 82.5 Å². The maximum Gasteiger partial charge on any atom is 0.183 e. The molecule has 0 bridgehead atoms. The van der Waals surface area contributed by atoms with Crippen molar-refractivity contribution < 1.29 is 0 Å². The molecule has 0 amide bonds. The number of benzene rings is 1. The quantitative estimate of drug-likeness (QED) is 0.715. The van der Waals surface area contributed by atoms with E-state index in [0.717, 1.165) is 54.1 Å². The van der Waals surface area contributed by atoms with Crippen LogP contribution in [0.3, 0.4) is 0 Å². The number of hydrogen-bond donors (Lipinski definition) is 1. The molecule has 2 aromatic heterocycles. The summed E-state index contributed by atoms with van der Waals surface area (Å²) in [5.41, 5.74) is 13.6. The third-order valence-corrected chi connectivity index (χ3v) is 4.83. The molecule has 0 radical (unpaired) electrons. The second-order valence-corrected chi connectivity index (χ2v) is 6.74. The molecular weight excluding hydrogens is 324 g/mol. The average molecular weight is 346 g/mol. The Kier molecular flexibility index (Phi) is 4.24. The zero-order valence-corrected chi connectivity index (χ0v) is 15.1. The number of hydrogen-bond acceptors (Lipinski definition) is 5. The van der Waals surface area contributed by atoms with Crippen LogP contribution in [-0.4, -0.2) is 25.2 Å². The van der Waals surface area contributed by atoms with Crippen LogP contribution in [-0.2, 0) is 13.0 Å². The van der Waals surface area contributed by atoms with Crippen LogP contribution < -0.4 is 5.73 Å². The van der Waals surface area contributed by atoms with E-state index in [1.54, 1.807) is 0 Å². The van der Waals surface area contributed by atoms with Crippen LogP contribution in [0.4, 0.5) is 5.69 Å². The Bertz CT molecular complexity index is 986. The number of nitrogens with zero attached hydrogens (tertiary/aromatic N) is 5. The van der Waals surface area contributed by atoms with Crippen LogP contribution in [0.2, 0.25) is 0 Å². The summed E-state index contributed by atoms with van der Waals surface area (Å²) in [5.74, 6) is 0.771. The molecule has 0 fully saturated rings. The van der Waals surface area contributed by atoms with Gasteiger partial charge in [-0.1, -0.05) is 25.5 Å². The third-order valence-electron chi connectivity index (χ3n) is 4.83. The van der Waals surface area contributed by atoms with E-state index in [-0.39, 0.29) is 0 Å². The number of aryl methyl sites for hydroxylation is 2. The lowest BCUT2D eigenvalue weighted by molar-refractivity contribution is 0.557. The number of rotatable bonds is 5. The molecule has 0 unspecified atom stereocenters. The molecule has 6 heteroatoms. The monoisotopic (exact) mass is 346 g/mol. The molecular formula is C20H22N6. The SMILES string of the molecule is CCCCn1nnnc1-c1cnc(C)c(C2=Cc3cc(N)ccc3C2)c1. The van der Waals surface area contributed by atoms with Crippen LogP contribution in [0.5, 0.6) is 0 Å². The summed E-state index contributed by atoms with van der Waals surface area (Å²) in [4.78, 5) is 4.61. The molecule has 1 aliphatic rings. The average Bonchev–Trinajstić information content (AvgIpc) is 3.26. The molecule has 0 atom stereocenters. The van der Waals surface area contributed by atoms with Crippen LogP contribution in [0.15, 0.2) is 30.5 Å². The summed E-state index contributed by atoms with van der Waals surface area (Å²) in [6.45, 7) is 5.01. The van der Waals surface area contributed by atoms with Gasteiger partial charge in [0.2, 0.25) is 0 Å². The first-order valence-electron chi connectivity index (χ1n) is 8.98. The van der Waals surface area contributed by atoms with Gasteiger partial charge in [0.1, 0.15) is 0 Å². The first kappa shape index (κ1) is 16.4. The van der Waals surface area contributed by atoms with Crippen molar-refractivity contribution in [1.29, 1.82) is 0 Å². The van der Waals surface area contributed by atoms with Crippen molar-refractivity contribution >= 4 is 17.3 Å². The van der Waals surface area contributed by atoms with Gasteiger partial charge in [-0.25, -0.2) is 4.68 Å². The van der Waals surface area contributed by atoms with Crippen molar-refractivity contribution in [2.75, 3.05) is 5.73 Å². The first-order chi connectivity index (χ1) is 12.7. The van der Waals surface area contributed by atoms with E-state index in [0.29, 0.717) is 0 Å². The zero-order valence-electron chi connectivity index (χ0n) is 15.1. The number of nitrogens with two attached hydrogens (primary N) is 1. The molecule has 0 aliphatic heterocycles. The van der Waals surface area contributed by atoms with Gasteiger partial charge in [0, 0.05) is 29.7 Å². The van der Waals surface area contributed by atoms with Gasteiger partial charge in [-0.15, -0.1) is 5.10 Å². The molecule has 2 N–H and O–H groups in total. The van der Waals surface area contributed by atoms with E-state index in [1.807, 2.05) is 29.9 Å². The molecule has 0 spiro atoms. The second kappa shape index (κ2) is 6.71. The highest BCUT2D eigenvalue weighted by Crippen LogP contribution is 2.34. The van der Waals surface area contributed by atoms with Crippen molar-refractivity contribution in [3.63, 3.8) is 0 Å². The smallest absolute Gasteiger partial charge is 0.183 e. The maximum atomic E-state index is 5.92. The minimum Gasteiger partial charge on any atom is -0.399 e. The number of pyridine rings is 1. The van der Waals surface area contributed by atoms with Crippen molar-refractivity contribution in [3.05, 3.63) is 52.8 Å². The molecule has 4 rings (SSSR count). The molecule has 3 aromatic rings. The molecule has 0 saturated carbocycles. The Hall–Kier alpha value is -3.02. The predicted molar refractivity (Wildman–Crippen MR) is 103 cm³/mol. The van der Waals surface area contributed by atoms with Crippen molar-refractivity contribution in [2.45, 2.75) is 39.7 Å². The standard InChI is InChI=1S/C20H22N6/c1-3-4-7-26-20(23-24-25-26)17-11-19(13(2)22-12-17)16-8-14-5-6-18(21)10-15(14)9-16/h5-6,9-12H,3-4,7-8,21H2,1-2H3. The Balaban J connectivity index is 1.70. The highest BCUT2D eigenvalue weighted by Gasteiger charge is 2.18. The number of tetrazole rings is 1. The fraction of sp³-hybridized carbons (Fsp3) is 0.300. The molecule has 1 aromatic carbocycles. The van der Waals surface area contributed by atoms with E-state index >= 15 is 0 Å². The second-order valence-electron chi connectivity index (χ2n) is 6.74. The van der Waals surface area contributed by atoms with Crippen LogP contribution >= 0.6 is 0 Å². The number of fused-ring (bicyclic) bond motifs is 1. The Morgan fingerprint density at radius 3 is 2.96 bits per heavy atom. The van der Waals surface area contributed by atoms with Crippen molar-refractivity contribution in [3.8, 4) is 11.4 Å². The molecule has 6 nitrogen and oxygen atoms in total. The van der Waals surface area contributed by atoms with Crippen molar-refractivity contribution in [1.82, 2.24) is 25.2 Å². The summed E-state index contributed by atoms with van der Waals surface area (Å²) in [5, 5.41) is 12.2. The van der Waals surface area contributed by atoms with E-state index < -0.39 is 0 Å². The van der Waals surface area contributed by atoms with E-state index in [4.69, 9.17) is 5.73 Å². The summed E-state index contributed by atoms with van der Waals surface area (Å²) >= 11 is 0. The third kappa shape index (κ3) is 2.98. The zero-order chi connectivity index (χ0) is 18.1. The Labute approximate surface area is 152 Å². The molecule has 1 aliphatic carbocycles. The minimum atomic E-state index is 0.771. The van der Waals surface area contributed by atoms with E-state index in [9.17, 15) is 0 Å². The largest absolute Gasteiger partial charge is 0.399 e. The van der Waals surface area contributed by atoms with Gasteiger partial charge in [-0.05, 0) is 70.7 Å². The molecule has 132 valence electrons. The summed E-state index contributed by atoms with van der Waals surface area (Å²) in [6, 6.07) is 8.24. The summed E-state index contributed by atoms with van der Waals surface area (Å²) in [6.07, 6.45) is 7.10. The Morgan fingerprint density at radius 1 is 1.23 bits per heavy atom. The van der Waals surface area contributed by atoms with Crippen LogP contribution in [0.1, 0.15) is 42.1 Å². The van der Waals surface area contributed by atoms with Gasteiger partial charge in [0.25, 0.3) is 0 Å². The van der Waals surface area contributed by atoms with Gasteiger partial charge >= 0.3 is 0 Å². The summed E-state index contributed by atoms with van der Waals surface area (Å²) < 4.78 is 1.86. The highest BCUT2D eigenvalue weighted by atomic mass is 15.5. The van der Waals surface area contributed by atoms with Gasteiger partial charge in [-0.2, -0.15) is 0 Å². The van der Waals surface area contributed by atoms with Crippen LogP contribution in [0.25, 0.3) is 23.0 Å². The van der Waals surface area contributed by atoms with Crippen molar-refractivity contribution in [2.24, 2.45) is 0 Å². The fourth-order valence-electron chi connectivity index (χ4n) is 3.38. The number of allylic oxidation sites excluding steroid dienone is 1. The number of unbranched alkanes of at least 4 members (excludes halogenated alkanes) is 1. The van der Waals surface area contributed by atoms with Gasteiger partial charge in [0.05, 0.1) is 0 Å². The number of nitrogen functional groups attached to an aromatic ring is 1. The summed E-state index contributed by atoms with van der Waals surface area (Å²) in [7, 11) is 0. The fourth-order valence-corrected chi connectivity index (χ4v) is 3.38. The van der Waals surface area contributed by atoms with Crippen LogP contribution in [0, 0.1) is 6.92 Å². The lowest BCUT2D eigenvalue weighted by Crippen LogP contribution is -2.04. The lowest BCUT2D eigenvalue weighted by atomic mass is 10.0. The predicted octanol–water partition coefficient (Wildman–Crippen LogP) is 3.52. The highest BCUT2D eigenvalue weighted by molar-refractivity contribution is 5.90. The Morgan fingerprint density at radius 2 is 2.12 bits per heavy atom. The maximum absolute atomic E-state index is 5.92. The molecule has 0 saturated heterocycles. The van der Waals surface area contributed by atoms with E-state index in [1.165, 1.54) is 16.7 Å². The minimum absolute atomic E-state index is 0.771. The normalized spacial score (nSPS) is 12.9.